The molecule has 1 aromatic carbocycles. The summed E-state index contributed by atoms with van der Waals surface area (Å²) in [6.45, 7) is 1.37. The molecule has 2 aromatic rings. The Morgan fingerprint density at radius 2 is 1.77 bits per heavy atom. The molecule has 0 spiro atoms. The predicted octanol–water partition coefficient (Wildman–Crippen LogP) is 2.44. The molecular weight excluding hydrogens is 351 g/mol. The molecule has 0 aliphatic rings. The van der Waals surface area contributed by atoms with Crippen molar-refractivity contribution in [2.75, 3.05) is 18.4 Å². The van der Waals surface area contributed by atoms with E-state index in [9.17, 15) is 28.0 Å². The average molecular weight is 367 g/mol. The molecule has 0 atom stereocenters. The van der Waals surface area contributed by atoms with Crippen LogP contribution in [0.15, 0.2) is 48.8 Å². The summed E-state index contributed by atoms with van der Waals surface area (Å²) < 4.78 is 39.4. The zero-order chi connectivity index (χ0) is 19.3. The normalized spacial score (nSPS) is 11.1. The van der Waals surface area contributed by atoms with E-state index in [2.05, 4.69) is 5.32 Å². The minimum atomic E-state index is -4.61. The first-order valence-electron chi connectivity index (χ1n) is 7.66. The van der Waals surface area contributed by atoms with Gasteiger partial charge in [-0.2, -0.15) is 17.9 Å². The largest absolute Gasteiger partial charge is 0.619 e. The molecule has 138 valence electrons. The van der Waals surface area contributed by atoms with Crippen molar-refractivity contribution in [1.82, 2.24) is 4.90 Å². The van der Waals surface area contributed by atoms with E-state index in [1.54, 1.807) is 6.92 Å². The lowest BCUT2D eigenvalue weighted by atomic mass is 10.1. The Morgan fingerprint density at radius 3 is 2.35 bits per heavy atom. The third kappa shape index (κ3) is 4.71. The van der Waals surface area contributed by atoms with Gasteiger partial charge in [0.05, 0.1) is 16.8 Å². The quantitative estimate of drug-likeness (QED) is 0.651. The smallest absolute Gasteiger partial charge is 0.418 e. The van der Waals surface area contributed by atoms with E-state index >= 15 is 0 Å². The van der Waals surface area contributed by atoms with Crippen molar-refractivity contribution in [2.24, 2.45) is 0 Å². The number of benzene rings is 1. The van der Waals surface area contributed by atoms with Gasteiger partial charge in [0.1, 0.15) is 6.54 Å². The highest BCUT2D eigenvalue weighted by Gasteiger charge is 2.33. The van der Waals surface area contributed by atoms with Crippen LogP contribution in [-0.2, 0) is 11.0 Å². The molecule has 0 saturated carbocycles. The molecule has 0 aliphatic carbocycles. The third-order valence-electron chi connectivity index (χ3n) is 3.56. The summed E-state index contributed by atoms with van der Waals surface area (Å²) in [5, 5.41) is 13.2. The first-order valence-corrected chi connectivity index (χ1v) is 7.66. The summed E-state index contributed by atoms with van der Waals surface area (Å²) in [6.07, 6.45) is -2.33. The van der Waals surface area contributed by atoms with E-state index in [1.165, 1.54) is 24.3 Å². The number of amides is 2. The van der Waals surface area contributed by atoms with Crippen molar-refractivity contribution in [2.45, 2.75) is 13.1 Å². The molecular formula is C17H16F3N3O3. The van der Waals surface area contributed by atoms with Crippen LogP contribution in [0.4, 0.5) is 18.9 Å². The number of hydrogen-bond donors (Lipinski definition) is 1. The van der Waals surface area contributed by atoms with Crippen LogP contribution in [0.25, 0.3) is 0 Å². The molecule has 0 saturated heterocycles. The number of carbonyl (C=O) groups excluding carboxylic acids is 2. The number of likely N-dealkylation sites (N-methyl/N-ethyl adjacent to an activating group) is 1. The lowest BCUT2D eigenvalue weighted by Crippen LogP contribution is -2.38. The van der Waals surface area contributed by atoms with Crippen molar-refractivity contribution >= 4 is 17.5 Å². The summed E-state index contributed by atoms with van der Waals surface area (Å²) >= 11 is 0. The number of nitrogens with zero attached hydrogens (tertiary/aromatic N) is 2. The molecule has 1 N–H and O–H groups in total. The van der Waals surface area contributed by atoms with E-state index in [0.29, 0.717) is 4.73 Å². The van der Waals surface area contributed by atoms with Gasteiger partial charge in [-0.3, -0.25) is 9.59 Å². The Balaban J connectivity index is 2.11. The van der Waals surface area contributed by atoms with E-state index in [-0.39, 0.29) is 17.8 Å². The van der Waals surface area contributed by atoms with Crippen molar-refractivity contribution in [1.29, 1.82) is 0 Å². The molecule has 0 unspecified atom stereocenters. The second-order valence-electron chi connectivity index (χ2n) is 5.36. The van der Waals surface area contributed by atoms with Gasteiger partial charge in [0.15, 0.2) is 12.4 Å². The van der Waals surface area contributed by atoms with Gasteiger partial charge >= 0.3 is 6.18 Å². The van der Waals surface area contributed by atoms with Crippen LogP contribution in [0.2, 0.25) is 0 Å². The standard InChI is InChI=1S/C17H16F3N3O3/c1-2-22(16(25)12-7-9-23(26)10-8-12)11-15(24)21-14-6-4-3-5-13(14)17(18,19)20/h3-10H,2,11H2,1H3,(H,21,24). The molecule has 26 heavy (non-hydrogen) atoms. The fourth-order valence-corrected chi connectivity index (χ4v) is 2.27. The van der Waals surface area contributed by atoms with Crippen molar-refractivity contribution < 1.29 is 27.5 Å². The van der Waals surface area contributed by atoms with Gasteiger partial charge in [-0.1, -0.05) is 12.1 Å². The fourth-order valence-electron chi connectivity index (χ4n) is 2.27. The molecule has 1 aromatic heterocycles. The highest BCUT2D eigenvalue weighted by Crippen LogP contribution is 2.34. The summed E-state index contributed by atoms with van der Waals surface area (Å²) in [4.78, 5) is 25.6. The molecule has 9 heteroatoms. The average Bonchev–Trinajstić information content (AvgIpc) is 2.59. The summed E-state index contributed by atoms with van der Waals surface area (Å²) in [7, 11) is 0. The number of aromatic nitrogens is 1. The van der Waals surface area contributed by atoms with Crippen molar-refractivity contribution in [3.05, 3.63) is 65.1 Å². The van der Waals surface area contributed by atoms with Gasteiger partial charge in [0.25, 0.3) is 5.91 Å². The third-order valence-corrected chi connectivity index (χ3v) is 3.56. The van der Waals surface area contributed by atoms with Crippen LogP contribution < -0.4 is 10.0 Å². The highest BCUT2D eigenvalue weighted by atomic mass is 19.4. The number of alkyl halides is 3. The first kappa shape index (κ1) is 19.2. The van der Waals surface area contributed by atoms with E-state index < -0.39 is 30.1 Å². The zero-order valence-corrected chi connectivity index (χ0v) is 13.8. The van der Waals surface area contributed by atoms with E-state index in [4.69, 9.17) is 0 Å². The van der Waals surface area contributed by atoms with Gasteiger partial charge in [-0.05, 0) is 19.1 Å². The van der Waals surface area contributed by atoms with Gasteiger partial charge in [0, 0.05) is 18.7 Å². The van der Waals surface area contributed by atoms with Gasteiger partial charge in [0.2, 0.25) is 5.91 Å². The number of nitrogens with one attached hydrogen (secondary N) is 1. The second-order valence-corrected chi connectivity index (χ2v) is 5.36. The highest BCUT2D eigenvalue weighted by molar-refractivity contribution is 5.99. The minimum Gasteiger partial charge on any atom is -0.619 e. The molecule has 2 amide bonds. The number of rotatable bonds is 5. The van der Waals surface area contributed by atoms with Gasteiger partial charge < -0.3 is 15.4 Å². The minimum absolute atomic E-state index is 0.166. The maximum atomic E-state index is 13.0. The molecule has 0 bridgehead atoms. The SMILES string of the molecule is CCN(CC(=O)Nc1ccccc1C(F)(F)F)C(=O)c1cc[n+]([O-])cc1. The molecule has 1 heterocycles. The zero-order valence-electron chi connectivity index (χ0n) is 13.8. The maximum absolute atomic E-state index is 13.0. The number of anilines is 1. The Morgan fingerprint density at radius 1 is 1.15 bits per heavy atom. The molecule has 0 radical (unpaired) electrons. The van der Waals surface area contributed by atoms with Crippen LogP contribution in [0.5, 0.6) is 0 Å². The molecule has 6 nitrogen and oxygen atoms in total. The number of pyridine rings is 1. The Labute approximate surface area is 147 Å². The topological polar surface area (TPSA) is 76.4 Å². The van der Waals surface area contributed by atoms with Crippen LogP contribution in [0.3, 0.4) is 0 Å². The van der Waals surface area contributed by atoms with Crippen LogP contribution >= 0.6 is 0 Å². The molecule has 0 aliphatic heterocycles. The van der Waals surface area contributed by atoms with Gasteiger partial charge in [-0.25, -0.2) is 0 Å². The Hall–Kier alpha value is -3.10. The summed E-state index contributed by atoms with van der Waals surface area (Å²) in [6, 6.07) is 7.20. The fraction of sp³-hybridized carbons (Fsp3) is 0.235. The van der Waals surface area contributed by atoms with Gasteiger partial charge in [-0.15, -0.1) is 0 Å². The Bertz CT molecular complexity index is 792. The second kappa shape index (κ2) is 7.85. The molecule has 0 fully saturated rings. The van der Waals surface area contributed by atoms with Crippen molar-refractivity contribution in [3.63, 3.8) is 0 Å². The van der Waals surface area contributed by atoms with Crippen LogP contribution in [0.1, 0.15) is 22.8 Å². The summed E-state index contributed by atoms with van der Waals surface area (Å²) in [5.74, 6) is -1.26. The lowest BCUT2D eigenvalue weighted by Gasteiger charge is -2.21. The van der Waals surface area contributed by atoms with Crippen LogP contribution in [-0.4, -0.2) is 29.8 Å². The van der Waals surface area contributed by atoms with Crippen molar-refractivity contribution in [3.8, 4) is 0 Å². The number of halogens is 3. The van der Waals surface area contributed by atoms with Crippen LogP contribution in [0, 0.1) is 5.21 Å². The van der Waals surface area contributed by atoms with E-state index in [0.717, 1.165) is 29.4 Å². The number of para-hydroxylation sites is 1. The Kier molecular flexibility index (Phi) is 5.81. The maximum Gasteiger partial charge on any atom is 0.418 e. The predicted molar refractivity (Wildman–Crippen MR) is 87.1 cm³/mol. The monoisotopic (exact) mass is 367 g/mol. The number of carbonyl (C=O) groups is 2. The first-order chi connectivity index (χ1) is 12.2. The summed E-state index contributed by atoms with van der Waals surface area (Å²) in [5.41, 5.74) is -1.14. The lowest BCUT2D eigenvalue weighted by molar-refractivity contribution is -0.605. The molecule has 2 rings (SSSR count). The van der Waals surface area contributed by atoms with E-state index in [1.807, 2.05) is 0 Å². The number of hydrogen-bond acceptors (Lipinski definition) is 3.